The van der Waals surface area contributed by atoms with E-state index in [9.17, 15) is 0 Å². The second-order valence-corrected chi connectivity index (χ2v) is 7.75. The molecule has 21 heavy (non-hydrogen) atoms. The summed E-state index contributed by atoms with van der Waals surface area (Å²) < 4.78 is 7.20. The number of halogens is 2. The molecule has 1 aromatic rings. The molecule has 2 unspecified atom stereocenters. The van der Waals surface area contributed by atoms with Gasteiger partial charge in [-0.25, -0.2) is 0 Å². The lowest BCUT2D eigenvalue weighted by Gasteiger charge is -2.41. The maximum Gasteiger partial charge on any atom is 0.0686 e. The topological polar surface area (TPSA) is 21.3 Å². The van der Waals surface area contributed by atoms with Gasteiger partial charge in [-0.05, 0) is 56.3 Å². The highest BCUT2D eigenvalue weighted by Crippen LogP contribution is 2.46. The Kier molecular flexibility index (Phi) is 4.94. The minimum atomic E-state index is 0.153. The molecule has 3 rings (SSSR count). The van der Waals surface area contributed by atoms with Crippen LogP contribution in [0.2, 0.25) is 5.02 Å². The summed E-state index contributed by atoms with van der Waals surface area (Å²) >= 11 is 9.96. The van der Waals surface area contributed by atoms with Gasteiger partial charge in [0, 0.05) is 22.1 Å². The van der Waals surface area contributed by atoms with Gasteiger partial charge in [0.15, 0.2) is 0 Å². The molecule has 2 atom stereocenters. The van der Waals surface area contributed by atoms with E-state index >= 15 is 0 Å². The predicted molar refractivity (Wildman–Crippen MR) is 90.8 cm³/mol. The van der Waals surface area contributed by atoms with Gasteiger partial charge in [-0.15, -0.1) is 0 Å². The predicted octanol–water partition coefficient (Wildman–Crippen LogP) is 5.10. The SMILES string of the molecule is CNC(c1ccc(Br)cc1Cl)C1CCOC2(CCCC2)C1. The maximum absolute atomic E-state index is 6.47. The van der Waals surface area contributed by atoms with Crippen molar-refractivity contribution in [1.29, 1.82) is 0 Å². The highest BCUT2D eigenvalue weighted by atomic mass is 79.9. The molecule has 1 heterocycles. The monoisotopic (exact) mass is 371 g/mol. The summed E-state index contributed by atoms with van der Waals surface area (Å²) in [6, 6.07) is 6.53. The van der Waals surface area contributed by atoms with E-state index < -0.39 is 0 Å². The van der Waals surface area contributed by atoms with E-state index in [2.05, 4.69) is 33.4 Å². The Morgan fingerprint density at radius 3 is 2.81 bits per heavy atom. The minimum absolute atomic E-state index is 0.153. The van der Waals surface area contributed by atoms with Crippen LogP contribution in [0.1, 0.15) is 50.1 Å². The normalized spacial score (nSPS) is 26.1. The first-order valence-electron chi connectivity index (χ1n) is 7.90. The molecule has 1 N–H and O–H groups in total. The van der Waals surface area contributed by atoms with Crippen molar-refractivity contribution in [3.63, 3.8) is 0 Å². The lowest BCUT2D eigenvalue weighted by atomic mass is 9.78. The molecule has 1 saturated heterocycles. The van der Waals surface area contributed by atoms with E-state index in [1.54, 1.807) is 0 Å². The second kappa shape index (κ2) is 6.57. The highest BCUT2D eigenvalue weighted by molar-refractivity contribution is 9.10. The zero-order valence-electron chi connectivity index (χ0n) is 12.5. The molecule has 0 aromatic heterocycles. The van der Waals surface area contributed by atoms with Crippen molar-refractivity contribution in [2.45, 2.75) is 50.2 Å². The molecule has 2 aliphatic rings. The van der Waals surface area contributed by atoms with Crippen LogP contribution >= 0.6 is 27.5 Å². The third kappa shape index (κ3) is 3.31. The summed E-state index contributed by atoms with van der Waals surface area (Å²) in [7, 11) is 2.04. The molecule has 116 valence electrons. The molecule has 1 aliphatic heterocycles. The largest absolute Gasteiger partial charge is 0.375 e. The van der Waals surface area contributed by atoms with E-state index in [4.69, 9.17) is 16.3 Å². The molecule has 1 spiro atoms. The van der Waals surface area contributed by atoms with Gasteiger partial charge in [0.05, 0.1) is 5.60 Å². The van der Waals surface area contributed by atoms with Gasteiger partial charge in [-0.2, -0.15) is 0 Å². The van der Waals surface area contributed by atoms with Crippen LogP contribution in [0.4, 0.5) is 0 Å². The van der Waals surface area contributed by atoms with E-state index in [0.29, 0.717) is 12.0 Å². The van der Waals surface area contributed by atoms with Crippen molar-refractivity contribution in [1.82, 2.24) is 5.32 Å². The van der Waals surface area contributed by atoms with Crippen molar-refractivity contribution in [3.05, 3.63) is 33.3 Å². The van der Waals surface area contributed by atoms with Crippen molar-refractivity contribution >= 4 is 27.5 Å². The Balaban J connectivity index is 1.82. The van der Waals surface area contributed by atoms with Gasteiger partial charge in [-0.3, -0.25) is 0 Å². The molecule has 4 heteroatoms. The summed E-state index contributed by atoms with van der Waals surface area (Å²) in [6.07, 6.45) is 7.36. The van der Waals surface area contributed by atoms with Crippen LogP contribution in [-0.2, 0) is 4.74 Å². The highest BCUT2D eigenvalue weighted by Gasteiger charge is 2.42. The van der Waals surface area contributed by atoms with Crippen LogP contribution < -0.4 is 5.32 Å². The van der Waals surface area contributed by atoms with Crippen molar-refractivity contribution in [3.8, 4) is 0 Å². The van der Waals surface area contributed by atoms with Crippen LogP contribution in [0.15, 0.2) is 22.7 Å². The van der Waals surface area contributed by atoms with E-state index in [0.717, 1.165) is 28.9 Å². The average Bonchev–Trinajstić information content (AvgIpc) is 2.90. The molecule has 2 nitrogen and oxygen atoms in total. The van der Waals surface area contributed by atoms with Gasteiger partial charge < -0.3 is 10.1 Å². The number of nitrogens with one attached hydrogen (secondary N) is 1. The van der Waals surface area contributed by atoms with Gasteiger partial charge >= 0.3 is 0 Å². The smallest absolute Gasteiger partial charge is 0.0686 e. The molecule has 1 saturated carbocycles. The Morgan fingerprint density at radius 2 is 2.14 bits per heavy atom. The number of hydrogen-bond acceptors (Lipinski definition) is 2. The molecule has 1 aromatic carbocycles. The van der Waals surface area contributed by atoms with Crippen LogP contribution in [0.5, 0.6) is 0 Å². The Bertz CT molecular complexity index is 502. The van der Waals surface area contributed by atoms with Crippen molar-refractivity contribution < 1.29 is 4.74 Å². The number of hydrogen-bond donors (Lipinski definition) is 1. The number of ether oxygens (including phenoxy) is 1. The standard InChI is InChI=1S/C17H23BrClNO/c1-20-16(14-5-4-13(18)10-15(14)19)12-6-9-21-17(11-12)7-2-3-8-17/h4-5,10,12,16,20H,2-3,6-9,11H2,1H3. The van der Waals surface area contributed by atoms with Crippen molar-refractivity contribution in [2.75, 3.05) is 13.7 Å². The third-order valence-corrected chi connectivity index (χ3v) is 5.95. The zero-order chi connectivity index (χ0) is 14.9. The lowest BCUT2D eigenvalue weighted by molar-refractivity contribution is -0.0978. The minimum Gasteiger partial charge on any atom is -0.375 e. The van der Waals surface area contributed by atoms with Crippen LogP contribution in [0, 0.1) is 5.92 Å². The summed E-state index contributed by atoms with van der Waals surface area (Å²) in [5, 5.41) is 4.34. The molecule has 0 amide bonds. The molecule has 0 radical (unpaired) electrons. The Hall–Kier alpha value is -0.0900. The molecular weight excluding hydrogens is 350 g/mol. The summed E-state index contributed by atoms with van der Waals surface area (Å²) in [5.74, 6) is 0.598. The van der Waals surface area contributed by atoms with E-state index in [1.165, 1.54) is 31.2 Å². The summed E-state index contributed by atoms with van der Waals surface area (Å²) in [6.45, 7) is 0.886. The number of benzene rings is 1. The fourth-order valence-electron chi connectivity index (χ4n) is 4.12. The van der Waals surface area contributed by atoms with E-state index in [1.807, 2.05) is 13.1 Å². The molecule has 0 bridgehead atoms. The molecule has 2 fully saturated rings. The first kappa shape index (κ1) is 15.8. The number of rotatable bonds is 3. The van der Waals surface area contributed by atoms with Gasteiger partial charge in [0.1, 0.15) is 0 Å². The summed E-state index contributed by atoms with van der Waals surface area (Å²) in [5.41, 5.74) is 1.36. The molecule has 1 aliphatic carbocycles. The summed E-state index contributed by atoms with van der Waals surface area (Å²) in [4.78, 5) is 0. The maximum atomic E-state index is 6.47. The van der Waals surface area contributed by atoms with Gasteiger partial charge in [0.25, 0.3) is 0 Å². The fourth-order valence-corrected chi connectivity index (χ4v) is 4.91. The Morgan fingerprint density at radius 1 is 1.38 bits per heavy atom. The van der Waals surface area contributed by atoms with Gasteiger partial charge in [0.2, 0.25) is 0 Å². The second-order valence-electron chi connectivity index (χ2n) is 6.42. The van der Waals surface area contributed by atoms with Crippen LogP contribution in [0.25, 0.3) is 0 Å². The van der Waals surface area contributed by atoms with E-state index in [-0.39, 0.29) is 5.60 Å². The quantitative estimate of drug-likeness (QED) is 0.796. The first-order chi connectivity index (χ1) is 10.1. The Labute approximate surface area is 140 Å². The van der Waals surface area contributed by atoms with Gasteiger partial charge in [-0.1, -0.05) is 46.4 Å². The zero-order valence-corrected chi connectivity index (χ0v) is 14.8. The lowest BCUT2D eigenvalue weighted by Crippen LogP contribution is -2.41. The molecular formula is C17H23BrClNO. The first-order valence-corrected chi connectivity index (χ1v) is 9.07. The van der Waals surface area contributed by atoms with Crippen molar-refractivity contribution in [2.24, 2.45) is 5.92 Å². The van der Waals surface area contributed by atoms with Crippen LogP contribution in [0.3, 0.4) is 0 Å². The van der Waals surface area contributed by atoms with Crippen LogP contribution in [-0.4, -0.2) is 19.3 Å². The fraction of sp³-hybridized carbons (Fsp3) is 0.647. The average molecular weight is 373 g/mol. The third-order valence-electron chi connectivity index (χ3n) is 5.13.